The molecule has 0 saturated heterocycles. The van der Waals surface area contributed by atoms with Crippen LogP contribution in [0.1, 0.15) is 36.7 Å². The summed E-state index contributed by atoms with van der Waals surface area (Å²) in [7, 11) is 1.62. The van der Waals surface area contributed by atoms with Crippen molar-refractivity contribution in [3.8, 4) is 5.75 Å². The van der Waals surface area contributed by atoms with E-state index in [4.69, 9.17) is 52.1 Å². The number of rotatable bonds is 37. The van der Waals surface area contributed by atoms with Gasteiger partial charge in [-0.2, -0.15) is 0 Å². The highest BCUT2D eigenvalue weighted by molar-refractivity contribution is 6.00. The first-order chi connectivity index (χ1) is 32.4. The Morgan fingerprint density at radius 2 is 1.21 bits per heavy atom. The molecule has 0 aliphatic carbocycles. The number of hydrogen-bond donors (Lipinski definition) is 4. The lowest BCUT2D eigenvalue weighted by Crippen LogP contribution is -2.53. The van der Waals surface area contributed by atoms with Crippen molar-refractivity contribution in [2.45, 2.75) is 39.5 Å². The van der Waals surface area contributed by atoms with E-state index in [2.05, 4.69) is 27.8 Å². The number of nitrogens with one attached hydrogen (secondary N) is 4. The van der Waals surface area contributed by atoms with Gasteiger partial charge in [0.2, 0.25) is 11.8 Å². The minimum Gasteiger partial charge on any atom is -0.445 e. The van der Waals surface area contributed by atoms with Crippen LogP contribution in [0.5, 0.6) is 5.75 Å². The second-order valence-electron chi connectivity index (χ2n) is 14.3. The quantitative estimate of drug-likeness (QED) is 0.0189. The standard InChI is InChI=1S/C44H65N5O18/c1-6-14-65-43(53)48-39(32(2)3)42(52)46-33(4)40(50)47-35-8-7-34(31-66-44(54)67-37-11-9-36(10-12-37)49(55)56)38(30-35)41(51)45-13-15-58-18-19-60-22-23-62-26-27-64-29-28-63-25-24-61-21-20-59-17-16-57-5/h6-12,30,32-33,39H,1,13-29,31H2,2-5H3,(H,45,51)(H,46,52)(H,47,50)(H,48,53)/t33-,39+/m1/s1. The molecule has 4 amide bonds. The van der Waals surface area contributed by atoms with Gasteiger partial charge in [-0.3, -0.25) is 24.5 Å². The van der Waals surface area contributed by atoms with E-state index in [0.29, 0.717) is 79.3 Å². The molecule has 0 unspecified atom stereocenters. The van der Waals surface area contributed by atoms with Gasteiger partial charge >= 0.3 is 12.2 Å². The fraction of sp³-hybridized carbons (Fsp3) is 0.568. The molecule has 0 aliphatic heterocycles. The maximum atomic E-state index is 13.4. The van der Waals surface area contributed by atoms with Crippen molar-refractivity contribution in [2.75, 3.05) is 125 Å². The number of nitrogens with zero attached hydrogens (tertiary/aromatic N) is 1. The molecule has 67 heavy (non-hydrogen) atoms. The number of benzene rings is 2. The minimum absolute atomic E-state index is 0.0101. The molecule has 2 aromatic carbocycles. The fourth-order valence-corrected chi connectivity index (χ4v) is 5.24. The summed E-state index contributed by atoms with van der Waals surface area (Å²) < 4.78 is 58.3. The average Bonchev–Trinajstić information content (AvgIpc) is 3.30. The molecular weight excluding hydrogens is 887 g/mol. The summed E-state index contributed by atoms with van der Waals surface area (Å²) in [6, 6.07) is 6.93. The Kier molecular flexibility index (Phi) is 30.3. The Balaban J connectivity index is 1.80. The normalized spacial score (nSPS) is 11.8. The second-order valence-corrected chi connectivity index (χ2v) is 14.3. The monoisotopic (exact) mass is 951 g/mol. The Hall–Kier alpha value is -5.79. The number of alkyl carbamates (subject to hydrolysis) is 1. The van der Waals surface area contributed by atoms with Crippen LogP contribution in [0.15, 0.2) is 55.1 Å². The maximum Gasteiger partial charge on any atom is 0.514 e. The molecule has 0 aromatic heterocycles. The number of non-ortho nitro benzene ring substituents is 1. The lowest BCUT2D eigenvalue weighted by molar-refractivity contribution is -0.384. The van der Waals surface area contributed by atoms with E-state index in [1.807, 2.05) is 0 Å². The third kappa shape index (κ3) is 26.2. The molecule has 2 atom stereocenters. The van der Waals surface area contributed by atoms with Gasteiger partial charge < -0.3 is 73.4 Å². The minimum atomic E-state index is -1.14. The molecule has 2 aromatic rings. The number of anilines is 1. The van der Waals surface area contributed by atoms with Gasteiger partial charge in [-0.1, -0.05) is 32.6 Å². The van der Waals surface area contributed by atoms with Gasteiger partial charge in [0.1, 0.15) is 31.0 Å². The Morgan fingerprint density at radius 1 is 0.687 bits per heavy atom. The summed E-state index contributed by atoms with van der Waals surface area (Å²) in [5, 5.41) is 21.3. The van der Waals surface area contributed by atoms with Crippen molar-refractivity contribution in [2.24, 2.45) is 5.92 Å². The van der Waals surface area contributed by atoms with Crippen LogP contribution >= 0.6 is 0 Å². The van der Waals surface area contributed by atoms with Gasteiger partial charge in [-0.25, -0.2) is 9.59 Å². The highest BCUT2D eigenvalue weighted by atomic mass is 16.7. The number of hydrogen-bond acceptors (Lipinski definition) is 18. The number of nitro benzene ring substituents is 1. The molecule has 23 heteroatoms. The summed E-state index contributed by atoms with van der Waals surface area (Å²) in [6.45, 7) is 14.0. The summed E-state index contributed by atoms with van der Waals surface area (Å²) in [6.07, 6.45) is -0.598. The summed E-state index contributed by atoms with van der Waals surface area (Å²) in [5.41, 5.74) is 0.228. The molecule has 0 fully saturated rings. The van der Waals surface area contributed by atoms with Gasteiger partial charge in [-0.15, -0.1) is 0 Å². The first kappa shape index (κ1) is 57.3. The highest BCUT2D eigenvalue weighted by Crippen LogP contribution is 2.20. The second kappa shape index (κ2) is 35.4. The van der Waals surface area contributed by atoms with Crippen molar-refractivity contribution in [3.05, 3.63) is 76.4 Å². The fourth-order valence-electron chi connectivity index (χ4n) is 5.24. The van der Waals surface area contributed by atoms with E-state index in [-0.39, 0.29) is 67.1 Å². The van der Waals surface area contributed by atoms with Crippen molar-refractivity contribution >= 4 is 41.3 Å². The molecule has 4 N–H and O–H groups in total. The first-order valence-electron chi connectivity index (χ1n) is 21.5. The highest BCUT2D eigenvalue weighted by Gasteiger charge is 2.28. The van der Waals surface area contributed by atoms with Gasteiger partial charge in [0.15, 0.2) is 0 Å². The third-order valence-electron chi connectivity index (χ3n) is 8.72. The number of carbonyl (C=O) groups excluding carboxylic acids is 5. The summed E-state index contributed by atoms with van der Waals surface area (Å²) in [4.78, 5) is 74.6. The topological polar surface area (TPSA) is 278 Å². The number of amides is 4. The SMILES string of the molecule is C=CCOC(=O)N[C@H](C(=O)N[C@H](C)C(=O)Nc1ccc(COC(=O)Oc2ccc([N+](=O)[O-])cc2)c(C(=O)NCCOCCOCCOCCOCCOCCOCCOCCOC)c1)C(C)C. The molecule has 0 aliphatic rings. The average molecular weight is 952 g/mol. The maximum absolute atomic E-state index is 13.4. The van der Waals surface area contributed by atoms with E-state index >= 15 is 0 Å². The number of carbonyl (C=O) groups is 5. The largest absolute Gasteiger partial charge is 0.514 e. The molecular formula is C44H65N5O18. The zero-order valence-electron chi connectivity index (χ0n) is 38.6. The van der Waals surface area contributed by atoms with E-state index in [9.17, 15) is 34.1 Å². The molecule has 2 rings (SSSR count). The lowest BCUT2D eigenvalue weighted by Gasteiger charge is -2.23. The molecule has 0 radical (unpaired) electrons. The van der Waals surface area contributed by atoms with Crippen LogP contribution in [-0.4, -0.2) is 166 Å². The van der Waals surface area contributed by atoms with Crippen molar-refractivity contribution in [1.82, 2.24) is 16.0 Å². The smallest absolute Gasteiger partial charge is 0.445 e. The van der Waals surface area contributed by atoms with Crippen molar-refractivity contribution in [3.63, 3.8) is 0 Å². The number of methoxy groups -OCH3 is 1. The van der Waals surface area contributed by atoms with E-state index < -0.39 is 53.6 Å². The molecule has 374 valence electrons. The van der Waals surface area contributed by atoms with Crippen LogP contribution in [-0.2, 0) is 63.6 Å². The molecule has 0 saturated carbocycles. The van der Waals surface area contributed by atoms with Gasteiger partial charge in [0, 0.05) is 42.6 Å². The summed E-state index contributed by atoms with van der Waals surface area (Å²) in [5.74, 6) is -2.23. The lowest BCUT2D eigenvalue weighted by atomic mass is 10.0. The Morgan fingerprint density at radius 3 is 1.70 bits per heavy atom. The molecule has 0 heterocycles. The Labute approximate surface area is 389 Å². The Bertz CT molecular complexity index is 1780. The van der Waals surface area contributed by atoms with Crippen LogP contribution in [0.3, 0.4) is 0 Å². The third-order valence-corrected chi connectivity index (χ3v) is 8.72. The van der Waals surface area contributed by atoms with Crippen LogP contribution in [0, 0.1) is 16.0 Å². The first-order valence-corrected chi connectivity index (χ1v) is 21.5. The predicted molar refractivity (Wildman–Crippen MR) is 240 cm³/mol. The van der Waals surface area contributed by atoms with E-state index in [1.165, 1.54) is 43.3 Å². The van der Waals surface area contributed by atoms with Gasteiger partial charge in [0.25, 0.3) is 11.6 Å². The zero-order chi connectivity index (χ0) is 49.1. The molecule has 0 bridgehead atoms. The van der Waals surface area contributed by atoms with Crippen LogP contribution in [0.4, 0.5) is 21.0 Å². The molecule has 23 nitrogen and oxygen atoms in total. The van der Waals surface area contributed by atoms with E-state index in [1.54, 1.807) is 21.0 Å². The van der Waals surface area contributed by atoms with Gasteiger partial charge in [0.05, 0.1) is 104 Å². The summed E-state index contributed by atoms with van der Waals surface area (Å²) >= 11 is 0. The zero-order valence-corrected chi connectivity index (χ0v) is 38.6. The van der Waals surface area contributed by atoms with Gasteiger partial charge in [-0.05, 0) is 37.1 Å². The van der Waals surface area contributed by atoms with Crippen LogP contribution < -0.4 is 26.0 Å². The van der Waals surface area contributed by atoms with E-state index in [0.717, 1.165) is 12.1 Å². The predicted octanol–water partition coefficient (Wildman–Crippen LogP) is 3.18. The number of ether oxygens (including phenoxy) is 11. The van der Waals surface area contributed by atoms with Crippen LogP contribution in [0.2, 0.25) is 0 Å². The van der Waals surface area contributed by atoms with Crippen molar-refractivity contribution in [1.29, 1.82) is 0 Å². The molecule has 0 spiro atoms. The number of nitro groups is 1. The van der Waals surface area contributed by atoms with Crippen LogP contribution in [0.25, 0.3) is 0 Å². The van der Waals surface area contributed by atoms with Crippen molar-refractivity contribution < 1.29 is 81.0 Å².